The smallest absolute Gasteiger partial charge is 0.101 e. The molecular formula is C12H17N3. The van der Waals surface area contributed by atoms with Crippen LogP contribution in [0.25, 0.3) is 0 Å². The molecule has 0 radical (unpaired) electrons. The molecule has 0 atom stereocenters. The van der Waals surface area contributed by atoms with Crippen LogP contribution in [0.1, 0.15) is 12.5 Å². The van der Waals surface area contributed by atoms with E-state index < -0.39 is 0 Å². The quantitative estimate of drug-likeness (QED) is 0.790. The Bertz CT molecular complexity index is 341. The number of rotatable bonds is 5. The zero-order valence-corrected chi connectivity index (χ0v) is 9.33. The lowest BCUT2D eigenvalue weighted by atomic mass is 10.1. The number of hydrogen-bond acceptors (Lipinski definition) is 3. The first kappa shape index (κ1) is 11.5. The van der Waals surface area contributed by atoms with Crippen LogP contribution in [0.5, 0.6) is 0 Å². The van der Waals surface area contributed by atoms with E-state index >= 15 is 0 Å². The van der Waals surface area contributed by atoms with Gasteiger partial charge in [-0.25, -0.2) is 0 Å². The van der Waals surface area contributed by atoms with Gasteiger partial charge in [-0.05, 0) is 26.1 Å². The summed E-state index contributed by atoms with van der Waals surface area (Å²) < 4.78 is 0. The van der Waals surface area contributed by atoms with Gasteiger partial charge in [-0.3, -0.25) is 0 Å². The summed E-state index contributed by atoms with van der Waals surface area (Å²) in [4.78, 5) is 2.20. The van der Waals surface area contributed by atoms with Crippen LogP contribution in [-0.2, 0) is 0 Å². The molecule has 15 heavy (non-hydrogen) atoms. The highest BCUT2D eigenvalue weighted by molar-refractivity contribution is 5.59. The Morgan fingerprint density at radius 3 is 2.73 bits per heavy atom. The molecule has 1 aromatic rings. The minimum Gasteiger partial charge on any atom is -0.369 e. The van der Waals surface area contributed by atoms with Gasteiger partial charge >= 0.3 is 0 Å². The molecule has 80 valence electrons. The van der Waals surface area contributed by atoms with Crippen LogP contribution < -0.4 is 10.2 Å². The molecule has 0 aliphatic carbocycles. The van der Waals surface area contributed by atoms with E-state index in [1.807, 2.05) is 31.3 Å². The number of nitriles is 1. The molecule has 0 aliphatic heterocycles. The molecule has 1 rings (SSSR count). The van der Waals surface area contributed by atoms with E-state index in [-0.39, 0.29) is 0 Å². The molecule has 0 saturated carbocycles. The van der Waals surface area contributed by atoms with E-state index in [1.54, 1.807) is 0 Å². The van der Waals surface area contributed by atoms with Gasteiger partial charge in [0.05, 0.1) is 11.3 Å². The molecule has 3 nitrogen and oxygen atoms in total. The Hall–Kier alpha value is -1.53. The summed E-state index contributed by atoms with van der Waals surface area (Å²) >= 11 is 0. The third-order valence-corrected chi connectivity index (χ3v) is 2.38. The molecule has 0 saturated heterocycles. The van der Waals surface area contributed by atoms with Crippen molar-refractivity contribution in [2.75, 3.05) is 31.6 Å². The first-order valence-electron chi connectivity index (χ1n) is 5.22. The maximum atomic E-state index is 9.00. The molecule has 0 unspecified atom stereocenters. The van der Waals surface area contributed by atoms with Crippen molar-refractivity contribution in [2.24, 2.45) is 0 Å². The Balaban J connectivity index is 2.86. The summed E-state index contributed by atoms with van der Waals surface area (Å²) in [6.07, 6.45) is 0. The van der Waals surface area contributed by atoms with Gasteiger partial charge in [-0.15, -0.1) is 0 Å². The standard InChI is InChI=1S/C12H17N3/c1-3-15(9-8-14-2)12-7-5-4-6-11(12)10-13/h4-7,14H,3,8-9H2,1-2H3. The molecule has 1 aromatic carbocycles. The zero-order chi connectivity index (χ0) is 11.1. The topological polar surface area (TPSA) is 39.1 Å². The number of anilines is 1. The van der Waals surface area contributed by atoms with Crippen molar-refractivity contribution in [3.05, 3.63) is 29.8 Å². The number of benzene rings is 1. The number of nitrogens with zero attached hydrogens (tertiary/aromatic N) is 2. The van der Waals surface area contributed by atoms with Crippen LogP contribution in [0.2, 0.25) is 0 Å². The first-order valence-corrected chi connectivity index (χ1v) is 5.22. The van der Waals surface area contributed by atoms with E-state index in [9.17, 15) is 0 Å². The first-order chi connectivity index (χ1) is 7.33. The second-order valence-electron chi connectivity index (χ2n) is 3.31. The Morgan fingerprint density at radius 2 is 2.13 bits per heavy atom. The van der Waals surface area contributed by atoms with E-state index in [0.717, 1.165) is 30.9 Å². The molecule has 0 aliphatic rings. The summed E-state index contributed by atoms with van der Waals surface area (Å²) in [6, 6.07) is 9.95. The molecule has 0 aromatic heterocycles. The van der Waals surface area contributed by atoms with E-state index in [0.29, 0.717) is 0 Å². The second kappa shape index (κ2) is 6.05. The Morgan fingerprint density at radius 1 is 1.40 bits per heavy atom. The molecule has 0 fully saturated rings. The van der Waals surface area contributed by atoms with Crippen molar-refractivity contribution < 1.29 is 0 Å². The van der Waals surface area contributed by atoms with Crippen molar-refractivity contribution in [3.8, 4) is 6.07 Å². The third-order valence-electron chi connectivity index (χ3n) is 2.38. The summed E-state index contributed by atoms with van der Waals surface area (Å²) in [5.41, 5.74) is 1.77. The average Bonchev–Trinajstić information content (AvgIpc) is 2.30. The van der Waals surface area contributed by atoms with Crippen LogP contribution in [0.3, 0.4) is 0 Å². The lowest BCUT2D eigenvalue weighted by Crippen LogP contribution is -2.31. The minimum atomic E-state index is 0.746. The lowest BCUT2D eigenvalue weighted by molar-refractivity contribution is 0.736. The maximum Gasteiger partial charge on any atom is 0.101 e. The van der Waals surface area contributed by atoms with Crippen molar-refractivity contribution in [1.29, 1.82) is 5.26 Å². The molecule has 0 heterocycles. The minimum absolute atomic E-state index is 0.746. The largest absolute Gasteiger partial charge is 0.369 e. The lowest BCUT2D eigenvalue weighted by Gasteiger charge is -2.23. The molecule has 1 N–H and O–H groups in total. The van der Waals surface area contributed by atoms with Gasteiger partial charge < -0.3 is 10.2 Å². The number of likely N-dealkylation sites (N-methyl/N-ethyl adjacent to an activating group) is 2. The highest BCUT2D eigenvalue weighted by Crippen LogP contribution is 2.18. The van der Waals surface area contributed by atoms with E-state index in [4.69, 9.17) is 5.26 Å². The van der Waals surface area contributed by atoms with Crippen molar-refractivity contribution >= 4 is 5.69 Å². The predicted molar refractivity (Wildman–Crippen MR) is 63.0 cm³/mol. The monoisotopic (exact) mass is 203 g/mol. The van der Waals surface area contributed by atoms with Gasteiger partial charge in [0.15, 0.2) is 0 Å². The van der Waals surface area contributed by atoms with Crippen LogP contribution in [0, 0.1) is 11.3 Å². The van der Waals surface area contributed by atoms with E-state index in [1.165, 1.54) is 0 Å². The molecule has 0 bridgehead atoms. The summed E-state index contributed by atoms with van der Waals surface area (Å²) in [7, 11) is 1.93. The van der Waals surface area contributed by atoms with Gasteiger partial charge in [0, 0.05) is 19.6 Å². The third kappa shape index (κ3) is 2.97. The average molecular weight is 203 g/mol. The number of para-hydroxylation sites is 1. The predicted octanol–water partition coefficient (Wildman–Crippen LogP) is 1.60. The van der Waals surface area contributed by atoms with Crippen molar-refractivity contribution in [2.45, 2.75) is 6.92 Å². The molecule has 0 spiro atoms. The second-order valence-corrected chi connectivity index (χ2v) is 3.31. The Kier molecular flexibility index (Phi) is 4.65. The van der Waals surface area contributed by atoms with Gasteiger partial charge in [0.25, 0.3) is 0 Å². The Labute approximate surface area is 91.3 Å². The summed E-state index contributed by atoms with van der Waals surface area (Å²) in [5.74, 6) is 0. The van der Waals surface area contributed by atoms with Gasteiger partial charge in [-0.2, -0.15) is 5.26 Å². The molecule has 0 amide bonds. The highest BCUT2D eigenvalue weighted by Gasteiger charge is 2.07. The fourth-order valence-corrected chi connectivity index (χ4v) is 1.54. The summed E-state index contributed by atoms with van der Waals surface area (Å²) in [6.45, 7) is 4.86. The maximum absolute atomic E-state index is 9.00. The SMILES string of the molecule is CCN(CCNC)c1ccccc1C#N. The normalized spacial score (nSPS) is 9.67. The number of nitrogens with one attached hydrogen (secondary N) is 1. The fraction of sp³-hybridized carbons (Fsp3) is 0.417. The van der Waals surface area contributed by atoms with Crippen molar-refractivity contribution in [1.82, 2.24) is 5.32 Å². The van der Waals surface area contributed by atoms with Gasteiger partial charge in [0.2, 0.25) is 0 Å². The molecule has 3 heteroatoms. The zero-order valence-electron chi connectivity index (χ0n) is 9.33. The number of hydrogen-bond donors (Lipinski definition) is 1. The highest BCUT2D eigenvalue weighted by atomic mass is 15.1. The van der Waals surface area contributed by atoms with Crippen LogP contribution in [-0.4, -0.2) is 26.7 Å². The van der Waals surface area contributed by atoms with Crippen LogP contribution in [0.4, 0.5) is 5.69 Å². The van der Waals surface area contributed by atoms with E-state index in [2.05, 4.69) is 23.2 Å². The van der Waals surface area contributed by atoms with Crippen LogP contribution >= 0.6 is 0 Å². The summed E-state index contributed by atoms with van der Waals surface area (Å²) in [5, 5.41) is 12.1. The molecular weight excluding hydrogens is 186 g/mol. The van der Waals surface area contributed by atoms with Crippen molar-refractivity contribution in [3.63, 3.8) is 0 Å². The fourth-order valence-electron chi connectivity index (χ4n) is 1.54. The van der Waals surface area contributed by atoms with Crippen LogP contribution in [0.15, 0.2) is 24.3 Å². The van der Waals surface area contributed by atoms with Gasteiger partial charge in [-0.1, -0.05) is 12.1 Å². The van der Waals surface area contributed by atoms with Gasteiger partial charge in [0.1, 0.15) is 6.07 Å².